The van der Waals surface area contributed by atoms with Crippen LogP contribution in [0.4, 0.5) is 9.59 Å². The number of aromatic nitrogens is 4. The van der Waals surface area contributed by atoms with Gasteiger partial charge in [-0.25, -0.2) is 19.6 Å². The lowest BCUT2D eigenvalue weighted by molar-refractivity contribution is 0.0211. The Labute approximate surface area is 305 Å². The molecule has 0 spiro atoms. The molecule has 3 aromatic carbocycles. The monoisotopic (exact) mass is 702 g/mol. The molecule has 7 rings (SSSR count). The van der Waals surface area contributed by atoms with Crippen LogP contribution in [0.3, 0.4) is 0 Å². The topological polar surface area (TPSA) is 127 Å². The zero-order valence-electron chi connectivity index (χ0n) is 31.4. The lowest BCUT2D eigenvalue weighted by Gasteiger charge is -2.45. The first-order valence-electron chi connectivity index (χ1n) is 18.3. The summed E-state index contributed by atoms with van der Waals surface area (Å²) >= 11 is 0. The first kappa shape index (κ1) is 35.3. The van der Waals surface area contributed by atoms with E-state index in [9.17, 15) is 14.7 Å². The molecule has 2 amide bonds. The van der Waals surface area contributed by atoms with Crippen molar-refractivity contribution < 1.29 is 19.4 Å². The van der Waals surface area contributed by atoms with Gasteiger partial charge in [0.25, 0.3) is 0 Å². The molecule has 3 N–H and O–H groups in total. The quantitative estimate of drug-likeness (QED) is 0.167. The van der Waals surface area contributed by atoms with Crippen molar-refractivity contribution >= 4 is 23.0 Å². The molecule has 4 atom stereocenters. The third-order valence-corrected chi connectivity index (χ3v) is 10.7. The van der Waals surface area contributed by atoms with Crippen LogP contribution < -0.4 is 0 Å². The Bertz CT molecular complexity index is 2120. The van der Waals surface area contributed by atoms with Crippen molar-refractivity contribution in [2.75, 3.05) is 13.1 Å². The van der Waals surface area contributed by atoms with Gasteiger partial charge in [0.2, 0.25) is 0 Å². The van der Waals surface area contributed by atoms with E-state index < -0.39 is 17.2 Å². The van der Waals surface area contributed by atoms with Gasteiger partial charge in [-0.3, -0.25) is 9.80 Å². The second-order valence-corrected chi connectivity index (χ2v) is 17.0. The number of hydrogen-bond acceptors (Lipinski definition) is 5. The summed E-state index contributed by atoms with van der Waals surface area (Å²) in [7, 11) is 0. The molecular weight excluding hydrogens is 652 g/mol. The molecule has 52 heavy (non-hydrogen) atoms. The van der Waals surface area contributed by atoms with Crippen LogP contribution >= 0.6 is 0 Å². The molecule has 0 radical (unpaired) electrons. The number of carboxylic acid groups (broad SMARTS) is 1. The normalized spacial score (nSPS) is 22.3. The maximum absolute atomic E-state index is 13.0. The summed E-state index contributed by atoms with van der Waals surface area (Å²) in [6, 6.07) is 21.1. The molecule has 2 saturated heterocycles. The molecule has 0 bridgehead atoms. The molecule has 2 aliphatic heterocycles. The van der Waals surface area contributed by atoms with E-state index in [1.54, 1.807) is 9.80 Å². The Morgan fingerprint density at radius 1 is 0.788 bits per heavy atom. The number of benzene rings is 3. The molecule has 2 aliphatic rings. The van der Waals surface area contributed by atoms with E-state index in [4.69, 9.17) is 14.7 Å². The summed E-state index contributed by atoms with van der Waals surface area (Å²) in [5.74, 6) is 2.06. The maximum Gasteiger partial charge on any atom is 0.410 e. The highest BCUT2D eigenvalue weighted by atomic mass is 16.6. The zero-order chi connectivity index (χ0) is 37.2. The van der Waals surface area contributed by atoms with Gasteiger partial charge in [0.05, 0.1) is 17.4 Å². The standard InChI is InChI=1S/C42H50N6O4/c1-25-17-35(47(23-25)39(51)52-41(6,7)8)36-43-21-34(45-36)32-16-15-30-18-29(13-14-31(30)19-32)27-9-11-28(12-10-27)33-22-44-37(46-33)42(40(3,4)5)20-26(2)24-48(42)38(49)50/h9-16,18-19,21-22,25-26,35H,17,20,23-24H2,1-8H3,(H,43,45)(H,44,46)(H,49,50)/t25-,26-,35-,42+/m0/s1. The Kier molecular flexibility index (Phi) is 8.70. The Balaban J connectivity index is 1.09. The lowest BCUT2D eigenvalue weighted by atomic mass is 9.70. The van der Waals surface area contributed by atoms with Gasteiger partial charge in [-0.05, 0) is 84.9 Å². The van der Waals surface area contributed by atoms with Crippen molar-refractivity contribution in [2.24, 2.45) is 17.3 Å². The number of imidazole rings is 2. The van der Waals surface area contributed by atoms with Crippen LogP contribution in [-0.4, -0.2) is 65.7 Å². The average Bonchev–Trinajstić information content (AvgIpc) is 3.89. The number of nitrogens with one attached hydrogen (secondary N) is 2. The molecule has 272 valence electrons. The van der Waals surface area contributed by atoms with E-state index >= 15 is 0 Å². The third kappa shape index (κ3) is 6.44. The highest BCUT2D eigenvalue weighted by molar-refractivity contribution is 5.90. The van der Waals surface area contributed by atoms with E-state index in [1.165, 1.54) is 0 Å². The molecule has 5 aromatic rings. The maximum atomic E-state index is 13.0. The van der Waals surface area contributed by atoms with Crippen LogP contribution in [0, 0.1) is 17.3 Å². The molecule has 2 fully saturated rings. The van der Waals surface area contributed by atoms with E-state index in [1.807, 2.05) is 33.2 Å². The predicted molar refractivity (Wildman–Crippen MR) is 204 cm³/mol. The highest BCUT2D eigenvalue weighted by Gasteiger charge is 2.57. The summed E-state index contributed by atoms with van der Waals surface area (Å²) in [4.78, 5) is 45.4. The van der Waals surface area contributed by atoms with Gasteiger partial charge in [-0.1, -0.05) is 83.1 Å². The SMILES string of the molecule is C[C@@H]1CN(C(=O)O)[C@](c2nc(-c3ccc(-c4ccc5cc(-c6c[nH]c([C@@H]7C[C@H](C)CN7C(=O)OC(C)(C)C)n6)ccc5c4)cc3)c[nH]2)(C(C)(C)C)C1. The second kappa shape index (κ2) is 12.8. The fourth-order valence-electron chi connectivity index (χ4n) is 8.26. The smallest absolute Gasteiger partial charge is 0.410 e. The molecule has 0 aliphatic carbocycles. The molecule has 10 heteroatoms. The predicted octanol–water partition coefficient (Wildman–Crippen LogP) is 9.87. The van der Waals surface area contributed by atoms with Gasteiger partial charge in [0.1, 0.15) is 22.8 Å². The number of rotatable bonds is 5. The van der Waals surface area contributed by atoms with Crippen molar-refractivity contribution in [2.45, 2.75) is 85.4 Å². The van der Waals surface area contributed by atoms with Gasteiger partial charge in [-0.15, -0.1) is 0 Å². The van der Waals surface area contributed by atoms with E-state index in [0.29, 0.717) is 24.8 Å². The summed E-state index contributed by atoms with van der Waals surface area (Å²) in [5.41, 5.74) is 4.16. The summed E-state index contributed by atoms with van der Waals surface area (Å²) in [6.07, 6.45) is 4.15. The number of amides is 2. The summed E-state index contributed by atoms with van der Waals surface area (Å²) < 4.78 is 5.70. The number of fused-ring (bicyclic) bond motifs is 1. The Hall–Kier alpha value is -5.12. The molecule has 0 unspecified atom stereocenters. The van der Waals surface area contributed by atoms with Crippen LogP contribution in [-0.2, 0) is 10.3 Å². The number of likely N-dealkylation sites (tertiary alicyclic amines) is 2. The highest BCUT2D eigenvalue weighted by Crippen LogP contribution is 2.52. The summed E-state index contributed by atoms with van der Waals surface area (Å²) in [5, 5.41) is 12.4. The fourth-order valence-corrected chi connectivity index (χ4v) is 8.26. The van der Waals surface area contributed by atoms with E-state index in [0.717, 1.165) is 63.1 Å². The van der Waals surface area contributed by atoms with Crippen molar-refractivity contribution in [1.29, 1.82) is 0 Å². The van der Waals surface area contributed by atoms with Crippen molar-refractivity contribution in [1.82, 2.24) is 29.7 Å². The molecular formula is C42H50N6O4. The Morgan fingerprint density at radius 3 is 2.04 bits per heavy atom. The van der Waals surface area contributed by atoms with Gasteiger partial charge in [0.15, 0.2) is 0 Å². The van der Waals surface area contributed by atoms with E-state index in [-0.39, 0.29) is 23.5 Å². The number of aromatic amines is 2. The van der Waals surface area contributed by atoms with Crippen LogP contribution in [0.25, 0.3) is 44.4 Å². The average molecular weight is 703 g/mol. The van der Waals surface area contributed by atoms with Crippen molar-refractivity contribution in [3.8, 4) is 33.6 Å². The first-order chi connectivity index (χ1) is 24.5. The van der Waals surface area contributed by atoms with Gasteiger partial charge < -0.3 is 19.8 Å². The lowest BCUT2D eigenvalue weighted by Crippen LogP contribution is -2.53. The van der Waals surface area contributed by atoms with Crippen LogP contribution in [0.2, 0.25) is 0 Å². The fraction of sp³-hybridized carbons (Fsp3) is 0.429. The van der Waals surface area contributed by atoms with Crippen molar-refractivity contribution in [3.05, 3.63) is 84.7 Å². The first-order valence-corrected chi connectivity index (χ1v) is 18.3. The number of carbonyl (C=O) groups is 2. The molecule has 10 nitrogen and oxygen atoms in total. The molecule has 2 aromatic heterocycles. The summed E-state index contributed by atoms with van der Waals surface area (Å²) in [6.45, 7) is 17.3. The zero-order valence-corrected chi connectivity index (χ0v) is 31.4. The van der Waals surface area contributed by atoms with Crippen molar-refractivity contribution in [3.63, 3.8) is 0 Å². The van der Waals surface area contributed by atoms with E-state index in [2.05, 4.69) is 105 Å². The van der Waals surface area contributed by atoms with Crippen LogP contribution in [0.1, 0.15) is 85.9 Å². The second-order valence-electron chi connectivity index (χ2n) is 17.0. The van der Waals surface area contributed by atoms with Crippen LogP contribution in [0.5, 0.6) is 0 Å². The van der Waals surface area contributed by atoms with Gasteiger partial charge in [0, 0.05) is 36.6 Å². The minimum absolute atomic E-state index is 0.151. The minimum Gasteiger partial charge on any atom is -0.465 e. The number of nitrogens with zero attached hydrogens (tertiary/aromatic N) is 4. The van der Waals surface area contributed by atoms with Crippen LogP contribution in [0.15, 0.2) is 73.1 Å². The largest absolute Gasteiger partial charge is 0.465 e. The number of H-pyrrole nitrogens is 2. The molecule has 4 heterocycles. The molecule has 0 saturated carbocycles. The Morgan fingerprint density at radius 2 is 1.38 bits per heavy atom. The minimum atomic E-state index is -0.911. The van der Waals surface area contributed by atoms with Gasteiger partial charge in [-0.2, -0.15) is 0 Å². The number of ether oxygens (including phenoxy) is 1. The third-order valence-electron chi connectivity index (χ3n) is 10.7. The number of hydrogen-bond donors (Lipinski definition) is 3. The number of carbonyl (C=O) groups excluding carboxylic acids is 1. The van der Waals surface area contributed by atoms with Gasteiger partial charge >= 0.3 is 12.2 Å².